The molecule has 3 rings (SSSR count). The van der Waals surface area contributed by atoms with Crippen LogP contribution < -0.4 is 14.8 Å². The van der Waals surface area contributed by atoms with Crippen LogP contribution in [0.15, 0.2) is 42.5 Å². The average Bonchev–Trinajstić information content (AvgIpc) is 3.04. The summed E-state index contributed by atoms with van der Waals surface area (Å²) in [5.74, 6) is 1.50. The van der Waals surface area contributed by atoms with Crippen LogP contribution in [0.25, 0.3) is 10.2 Å². The van der Waals surface area contributed by atoms with Gasteiger partial charge in [-0.1, -0.05) is 17.4 Å². The smallest absolute Gasteiger partial charge is 0.184 e. The summed E-state index contributed by atoms with van der Waals surface area (Å²) < 4.78 is 11.7. The van der Waals surface area contributed by atoms with Gasteiger partial charge in [-0.15, -0.1) is 17.0 Å². The van der Waals surface area contributed by atoms with Crippen LogP contribution in [0.1, 0.15) is 17.3 Å². The number of thiazole rings is 1. The highest BCUT2D eigenvalue weighted by atomic mass is 79.9. The Hall–Kier alpha value is -2.12. The minimum atomic E-state index is 0. The van der Waals surface area contributed by atoms with E-state index >= 15 is 0 Å². The van der Waals surface area contributed by atoms with E-state index in [9.17, 15) is 4.79 Å². The molecule has 0 unspecified atom stereocenters. The third-order valence-electron chi connectivity index (χ3n) is 3.49. The Balaban J connectivity index is 0.00000225. The van der Waals surface area contributed by atoms with Gasteiger partial charge in [0.15, 0.2) is 10.9 Å². The molecule has 0 radical (unpaired) electrons. The van der Waals surface area contributed by atoms with Gasteiger partial charge in [-0.25, -0.2) is 4.98 Å². The Morgan fingerprint density at radius 2 is 1.96 bits per heavy atom. The van der Waals surface area contributed by atoms with Crippen LogP contribution in [0.2, 0.25) is 0 Å². The number of ether oxygens (including phenoxy) is 2. The lowest BCUT2D eigenvalue weighted by Crippen LogP contribution is -2.13. The molecular formula is C18H19BrN2O3S. The van der Waals surface area contributed by atoms with Crippen LogP contribution in [0.4, 0.5) is 5.13 Å². The first-order valence-corrected chi connectivity index (χ1v) is 8.46. The summed E-state index contributed by atoms with van der Waals surface area (Å²) in [5.41, 5.74) is 1.46. The zero-order valence-corrected chi connectivity index (χ0v) is 16.5. The summed E-state index contributed by atoms with van der Waals surface area (Å²) in [7, 11) is 1.60. The molecule has 1 heterocycles. The fourth-order valence-electron chi connectivity index (χ4n) is 2.31. The Morgan fingerprint density at radius 3 is 2.64 bits per heavy atom. The van der Waals surface area contributed by atoms with E-state index in [4.69, 9.17) is 9.47 Å². The number of hydrogen-bond acceptors (Lipinski definition) is 6. The molecule has 0 amide bonds. The third kappa shape index (κ3) is 4.49. The monoisotopic (exact) mass is 422 g/mol. The van der Waals surface area contributed by atoms with Gasteiger partial charge in [0.05, 0.1) is 25.0 Å². The summed E-state index contributed by atoms with van der Waals surface area (Å²) in [4.78, 5) is 16.8. The number of fused-ring (bicyclic) bond motifs is 1. The number of rotatable bonds is 7. The fraction of sp³-hybridized carbons (Fsp3) is 0.222. The summed E-state index contributed by atoms with van der Waals surface area (Å²) in [5, 5.41) is 3.81. The number of halogens is 1. The molecule has 0 aliphatic carbocycles. The first-order valence-electron chi connectivity index (χ1n) is 7.64. The molecule has 0 aliphatic rings. The summed E-state index contributed by atoms with van der Waals surface area (Å²) >= 11 is 1.51. The SMILES string of the molecule is Br.CCOc1cccc2sc(NCC(=O)c3ccc(OC)cc3)nc12. The lowest BCUT2D eigenvalue weighted by Gasteiger charge is -2.04. The van der Waals surface area contributed by atoms with Crippen LogP contribution >= 0.6 is 28.3 Å². The van der Waals surface area contributed by atoms with Gasteiger partial charge in [0.2, 0.25) is 0 Å². The van der Waals surface area contributed by atoms with E-state index in [2.05, 4.69) is 10.3 Å². The molecule has 2 aromatic carbocycles. The molecule has 0 atom stereocenters. The van der Waals surface area contributed by atoms with E-state index in [0.29, 0.717) is 17.3 Å². The van der Waals surface area contributed by atoms with Gasteiger partial charge in [0.1, 0.15) is 17.0 Å². The van der Waals surface area contributed by atoms with Crippen molar-refractivity contribution in [3.8, 4) is 11.5 Å². The van der Waals surface area contributed by atoms with E-state index in [0.717, 1.165) is 21.7 Å². The first-order chi connectivity index (χ1) is 11.7. The largest absolute Gasteiger partial charge is 0.497 e. The molecule has 0 saturated carbocycles. The normalized spacial score (nSPS) is 10.2. The maximum absolute atomic E-state index is 12.3. The van der Waals surface area contributed by atoms with Gasteiger partial charge in [-0.2, -0.15) is 0 Å². The number of ketones is 1. The Kier molecular flexibility index (Phi) is 6.78. The number of carbonyl (C=O) groups is 1. The van der Waals surface area contributed by atoms with E-state index < -0.39 is 0 Å². The Labute approximate surface area is 160 Å². The number of para-hydroxylation sites is 1. The second-order valence-corrected chi connectivity index (χ2v) is 6.09. The van der Waals surface area contributed by atoms with Crippen LogP contribution in [-0.2, 0) is 0 Å². The van der Waals surface area contributed by atoms with Crippen molar-refractivity contribution >= 4 is 49.4 Å². The Bertz CT molecular complexity index is 849. The quantitative estimate of drug-likeness (QED) is 0.564. The number of hydrogen-bond donors (Lipinski definition) is 1. The maximum Gasteiger partial charge on any atom is 0.184 e. The highest BCUT2D eigenvalue weighted by Gasteiger charge is 2.11. The number of aromatic nitrogens is 1. The molecule has 0 aliphatic heterocycles. The van der Waals surface area contributed by atoms with Crippen molar-refractivity contribution in [2.45, 2.75) is 6.92 Å². The minimum absolute atomic E-state index is 0. The minimum Gasteiger partial charge on any atom is -0.497 e. The van der Waals surface area contributed by atoms with Gasteiger partial charge < -0.3 is 14.8 Å². The van der Waals surface area contributed by atoms with Crippen molar-refractivity contribution in [1.82, 2.24) is 4.98 Å². The van der Waals surface area contributed by atoms with Gasteiger partial charge in [-0.3, -0.25) is 4.79 Å². The predicted molar refractivity (Wildman–Crippen MR) is 107 cm³/mol. The molecule has 0 fully saturated rings. The van der Waals surface area contributed by atoms with Gasteiger partial charge in [0, 0.05) is 5.56 Å². The number of benzene rings is 2. The van der Waals surface area contributed by atoms with Gasteiger partial charge >= 0.3 is 0 Å². The summed E-state index contributed by atoms with van der Waals surface area (Å²) in [6, 6.07) is 12.9. The number of anilines is 1. The van der Waals surface area contributed by atoms with E-state index in [1.54, 1.807) is 31.4 Å². The van der Waals surface area contributed by atoms with Crippen molar-refractivity contribution in [3.63, 3.8) is 0 Å². The van der Waals surface area contributed by atoms with E-state index in [1.165, 1.54) is 11.3 Å². The van der Waals surface area contributed by atoms with E-state index in [1.807, 2.05) is 25.1 Å². The van der Waals surface area contributed by atoms with Crippen molar-refractivity contribution in [2.75, 3.05) is 25.6 Å². The fourth-order valence-corrected chi connectivity index (χ4v) is 3.18. The predicted octanol–water partition coefficient (Wildman–Crippen LogP) is 4.58. The van der Waals surface area contributed by atoms with E-state index in [-0.39, 0.29) is 29.3 Å². The molecule has 25 heavy (non-hydrogen) atoms. The molecule has 132 valence electrons. The molecule has 1 N–H and O–H groups in total. The van der Waals surface area contributed by atoms with Crippen molar-refractivity contribution < 1.29 is 14.3 Å². The molecule has 3 aromatic rings. The molecule has 5 nitrogen and oxygen atoms in total. The maximum atomic E-state index is 12.3. The molecule has 7 heteroatoms. The van der Waals surface area contributed by atoms with Crippen molar-refractivity contribution in [2.24, 2.45) is 0 Å². The molecular weight excluding hydrogens is 404 g/mol. The second kappa shape index (κ2) is 8.82. The average molecular weight is 423 g/mol. The van der Waals surface area contributed by atoms with Crippen molar-refractivity contribution in [3.05, 3.63) is 48.0 Å². The Morgan fingerprint density at radius 1 is 1.20 bits per heavy atom. The molecule has 0 spiro atoms. The van der Waals surface area contributed by atoms with Crippen molar-refractivity contribution in [1.29, 1.82) is 0 Å². The van der Waals surface area contributed by atoms with Gasteiger partial charge in [-0.05, 0) is 43.3 Å². The lowest BCUT2D eigenvalue weighted by molar-refractivity contribution is 0.101. The van der Waals surface area contributed by atoms with Crippen LogP contribution in [0.5, 0.6) is 11.5 Å². The number of nitrogens with one attached hydrogen (secondary N) is 1. The highest BCUT2D eigenvalue weighted by Crippen LogP contribution is 2.32. The second-order valence-electron chi connectivity index (χ2n) is 5.06. The topological polar surface area (TPSA) is 60.5 Å². The summed E-state index contributed by atoms with van der Waals surface area (Å²) in [6.45, 7) is 2.73. The van der Waals surface area contributed by atoms with Crippen LogP contribution in [-0.4, -0.2) is 31.0 Å². The molecule has 1 aromatic heterocycles. The number of carbonyl (C=O) groups excluding carboxylic acids is 1. The molecule has 0 bridgehead atoms. The van der Waals surface area contributed by atoms with Crippen LogP contribution in [0, 0.1) is 0 Å². The zero-order valence-electron chi connectivity index (χ0n) is 13.9. The molecule has 0 saturated heterocycles. The third-order valence-corrected chi connectivity index (χ3v) is 4.47. The number of nitrogens with zero attached hydrogens (tertiary/aromatic N) is 1. The lowest BCUT2D eigenvalue weighted by atomic mass is 10.1. The zero-order chi connectivity index (χ0) is 16.9. The van der Waals surface area contributed by atoms with Crippen LogP contribution in [0.3, 0.4) is 0 Å². The standard InChI is InChI=1S/C18H18N2O3S.BrH/c1-3-23-15-5-4-6-16-17(15)20-18(24-16)19-11-14(21)12-7-9-13(22-2)10-8-12;/h4-10H,3,11H2,1-2H3,(H,19,20);1H. The van der Waals surface area contributed by atoms with Gasteiger partial charge in [0.25, 0.3) is 0 Å². The highest BCUT2D eigenvalue weighted by molar-refractivity contribution is 8.93. The number of methoxy groups -OCH3 is 1. The summed E-state index contributed by atoms with van der Waals surface area (Å²) in [6.07, 6.45) is 0. The number of Topliss-reactive ketones (excluding diaryl/α,β-unsaturated/α-hetero) is 1. The first kappa shape index (κ1) is 19.2.